The van der Waals surface area contributed by atoms with Crippen LogP contribution in [0.3, 0.4) is 0 Å². The van der Waals surface area contributed by atoms with Gasteiger partial charge in [-0.15, -0.1) is 0 Å². The maximum atomic E-state index is 12.6. The van der Waals surface area contributed by atoms with E-state index in [1.165, 1.54) is 0 Å². The summed E-state index contributed by atoms with van der Waals surface area (Å²) in [5.74, 6) is -0.780. The fourth-order valence-corrected chi connectivity index (χ4v) is 2.74. The van der Waals surface area contributed by atoms with Crippen LogP contribution in [-0.4, -0.2) is 21.4 Å². The molecule has 6 nitrogen and oxygen atoms in total. The summed E-state index contributed by atoms with van der Waals surface area (Å²) in [6.45, 7) is 0.271. The molecule has 0 spiro atoms. The highest BCUT2D eigenvalue weighted by atomic mass is 32.1. The van der Waals surface area contributed by atoms with Crippen molar-refractivity contribution in [3.8, 4) is 5.69 Å². The van der Waals surface area contributed by atoms with E-state index in [1.807, 2.05) is 36.4 Å². The maximum absolute atomic E-state index is 12.6. The number of amides is 2. The van der Waals surface area contributed by atoms with Gasteiger partial charge in [-0.25, -0.2) is 0 Å². The van der Waals surface area contributed by atoms with Crippen molar-refractivity contribution < 1.29 is 9.59 Å². The average molecular weight is 352 g/mol. The molecule has 0 saturated heterocycles. The van der Waals surface area contributed by atoms with Gasteiger partial charge in [0.25, 0.3) is 5.91 Å². The van der Waals surface area contributed by atoms with E-state index in [-0.39, 0.29) is 12.5 Å². The number of hydrogen-bond acceptors (Lipinski definition) is 3. The lowest BCUT2D eigenvalue weighted by Gasteiger charge is -2.09. The Hall–Kier alpha value is -3.19. The van der Waals surface area contributed by atoms with E-state index in [4.69, 9.17) is 18.0 Å². The Morgan fingerprint density at radius 2 is 1.88 bits per heavy atom. The van der Waals surface area contributed by atoms with E-state index in [9.17, 15) is 9.59 Å². The van der Waals surface area contributed by atoms with Gasteiger partial charge >= 0.3 is 0 Å². The molecule has 0 fully saturated rings. The molecule has 0 bridgehead atoms. The first-order chi connectivity index (χ1) is 12.1. The van der Waals surface area contributed by atoms with Crippen LogP contribution in [0, 0.1) is 4.77 Å². The Morgan fingerprint density at radius 3 is 2.60 bits per heavy atom. The molecule has 0 aliphatic heterocycles. The Labute approximate surface area is 149 Å². The number of hydrogen-bond donors (Lipinski definition) is 3. The molecule has 0 atom stereocenters. The van der Waals surface area contributed by atoms with Crippen LogP contribution in [0.1, 0.15) is 26.4 Å². The predicted molar refractivity (Wildman–Crippen MR) is 97.1 cm³/mol. The number of nitrogens with one attached hydrogen (secondary N) is 2. The highest BCUT2D eigenvalue weighted by molar-refractivity contribution is 7.71. The Kier molecular flexibility index (Phi) is 4.76. The molecule has 0 unspecified atom stereocenters. The van der Waals surface area contributed by atoms with Crippen LogP contribution in [-0.2, 0) is 6.54 Å². The second-order valence-corrected chi connectivity index (χ2v) is 5.78. The summed E-state index contributed by atoms with van der Waals surface area (Å²) < 4.78 is 2.11. The molecular formula is C18H16N4O2S. The van der Waals surface area contributed by atoms with Crippen molar-refractivity contribution in [2.45, 2.75) is 6.54 Å². The SMILES string of the molecule is NC(=O)c1cccc(CNC(=O)c2c[nH]c(=S)n2-c2ccccc2)c1. The van der Waals surface area contributed by atoms with Gasteiger partial charge in [0.15, 0.2) is 4.77 Å². The molecular weight excluding hydrogens is 336 g/mol. The summed E-state index contributed by atoms with van der Waals surface area (Å²) in [5.41, 5.74) is 7.66. The second-order valence-electron chi connectivity index (χ2n) is 5.40. The first-order valence-electron chi connectivity index (χ1n) is 7.59. The summed E-state index contributed by atoms with van der Waals surface area (Å²) in [4.78, 5) is 26.7. The van der Waals surface area contributed by atoms with Gasteiger partial charge in [-0.2, -0.15) is 0 Å². The Bertz CT molecular complexity index is 976. The maximum Gasteiger partial charge on any atom is 0.270 e. The van der Waals surface area contributed by atoms with Crippen molar-refractivity contribution in [1.82, 2.24) is 14.9 Å². The number of aromatic nitrogens is 2. The number of H-pyrrole nitrogens is 1. The summed E-state index contributed by atoms with van der Waals surface area (Å²) in [6, 6.07) is 16.2. The van der Waals surface area contributed by atoms with Gasteiger partial charge in [0, 0.05) is 24.0 Å². The van der Waals surface area contributed by atoms with E-state index in [0.717, 1.165) is 11.3 Å². The lowest BCUT2D eigenvalue weighted by atomic mass is 10.1. The molecule has 3 rings (SSSR count). The molecule has 3 aromatic rings. The van der Waals surface area contributed by atoms with E-state index < -0.39 is 5.91 Å². The van der Waals surface area contributed by atoms with E-state index >= 15 is 0 Å². The molecule has 0 aliphatic rings. The van der Waals surface area contributed by atoms with Gasteiger partial charge < -0.3 is 16.0 Å². The van der Waals surface area contributed by atoms with Crippen LogP contribution < -0.4 is 11.1 Å². The normalized spacial score (nSPS) is 10.4. The molecule has 0 aliphatic carbocycles. The lowest BCUT2D eigenvalue weighted by Crippen LogP contribution is -2.25. The highest BCUT2D eigenvalue weighted by Gasteiger charge is 2.14. The fraction of sp³-hybridized carbons (Fsp3) is 0.0556. The van der Waals surface area contributed by atoms with Crippen LogP contribution >= 0.6 is 12.2 Å². The number of carbonyl (C=O) groups is 2. The van der Waals surface area contributed by atoms with Gasteiger partial charge in [0.05, 0.1) is 0 Å². The Morgan fingerprint density at radius 1 is 1.12 bits per heavy atom. The molecule has 25 heavy (non-hydrogen) atoms. The molecule has 4 N–H and O–H groups in total. The van der Waals surface area contributed by atoms with Crippen molar-refractivity contribution >= 4 is 24.0 Å². The minimum atomic E-state index is -0.503. The smallest absolute Gasteiger partial charge is 0.270 e. The van der Waals surface area contributed by atoms with Gasteiger partial charge in [-0.1, -0.05) is 30.3 Å². The number of nitrogens with two attached hydrogens (primary N) is 1. The molecule has 0 radical (unpaired) electrons. The van der Waals surface area contributed by atoms with Gasteiger partial charge in [-0.3, -0.25) is 14.2 Å². The topological polar surface area (TPSA) is 92.9 Å². The summed E-state index contributed by atoms with van der Waals surface area (Å²) in [6.07, 6.45) is 1.57. The quantitative estimate of drug-likeness (QED) is 0.616. The number of para-hydroxylation sites is 1. The number of rotatable bonds is 5. The van der Waals surface area contributed by atoms with Gasteiger partial charge in [-0.05, 0) is 42.0 Å². The number of nitrogens with zero attached hydrogens (tertiary/aromatic N) is 1. The number of benzene rings is 2. The van der Waals surface area contributed by atoms with Crippen LogP contribution in [0.15, 0.2) is 60.8 Å². The molecule has 1 heterocycles. The minimum Gasteiger partial charge on any atom is -0.366 e. The van der Waals surface area contributed by atoms with Gasteiger partial charge in [0.1, 0.15) is 5.69 Å². The lowest BCUT2D eigenvalue weighted by molar-refractivity contribution is 0.0943. The summed E-state index contributed by atoms with van der Waals surface area (Å²) in [5, 5.41) is 2.83. The zero-order chi connectivity index (χ0) is 17.8. The number of carbonyl (C=O) groups excluding carboxylic acids is 2. The third-order valence-corrected chi connectivity index (χ3v) is 3.99. The highest BCUT2D eigenvalue weighted by Crippen LogP contribution is 2.13. The Balaban J connectivity index is 1.80. The largest absolute Gasteiger partial charge is 0.366 e. The second kappa shape index (κ2) is 7.14. The molecule has 0 saturated carbocycles. The first kappa shape index (κ1) is 16.7. The van der Waals surface area contributed by atoms with Crippen LogP contribution in [0.25, 0.3) is 5.69 Å². The molecule has 2 amide bonds. The van der Waals surface area contributed by atoms with Crippen LogP contribution in [0.5, 0.6) is 0 Å². The van der Waals surface area contributed by atoms with Crippen molar-refractivity contribution in [2.75, 3.05) is 0 Å². The van der Waals surface area contributed by atoms with Crippen molar-refractivity contribution in [1.29, 1.82) is 0 Å². The van der Waals surface area contributed by atoms with Crippen molar-refractivity contribution in [3.63, 3.8) is 0 Å². The third-order valence-electron chi connectivity index (χ3n) is 3.69. The monoisotopic (exact) mass is 352 g/mol. The summed E-state index contributed by atoms with van der Waals surface area (Å²) >= 11 is 5.27. The summed E-state index contributed by atoms with van der Waals surface area (Å²) in [7, 11) is 0. The molecule has 126 valence electrons. The standard InChI is InChI=1S/C18H16N4O2S/c19-16(23)13-6-4-5-12(9-13)10-20-17(24)15-11-21-18(25)22(15)14-7-2-1-3-8-14/h1-9,11H,10H2,(H2,19,23)(H,20,24)(H,21,25). The van der Waals surface area contributed by atoms with Crippen LogP contribution in [0.2, 0.25) is 0 Å². The number of aromatic amines is 1. The minimum absolute atomic E-state index is 0.271. The van der Waals surface area contributed by atoms with E-state index in [1.54, 1.807) is 29.0 Å². The third kappa shape index (κ3) is 3.67. The molecule has 7 heteroatoms. The zero-order valence-electron chi connectivity index (χ0n) is 13.2. The predicted octanol–water partition coefficient (Wildman–Crippen LogP) is 2.56. The number of primary amides is 1. The van der Waals surface area contributed by atoms with E-state index in [0.29, 0.717) is 16.0 Å². The van der Waals surface area contributed by atoms with Crippen molar-refractivity contribution in [2.24, 2.45) is 5.73 Å². The number of imidazole rings is 1. The van der Waals surface area contributed by atoms with Crippen LogP contribution in [0.4, 0.5) is 0 Å². The zero-order valence-corrected chi connectivity index (χ0v) is 14.0. The van der Waals surface area contributed by atoms with Gasteiger partial charge in [0.2, 0.25) is 5.91 Å². The van der Waals surface area contributed by atoms with E-state index in [2.05, 4.69) is 10.3 Å². The van der Waals surface area contributed by atoms with Crippen molar-refractivity contribution in [3.05, 3.63) is 82.4 Å². The molecule has 1 aromatic heterocycles. The average Bonchev–Trinajstić information content (AvgIpc) is 3.02. The molecule has 2 aromatic carbocycles. The fourth-order valence-electron chi connectivity index (χ4n) is 2.48. The first-order valence-corrected chi connectivity index (χ1v) is 8.00.